The van der Waals surface area contributed by atoms with E-state index in [1.807, 2.05) is 23.1 Å². The van der Waals surface area contributed by atoms with Gasteiger partial charge >= 0.3 is 0 Å². The van der Waals surface area contributed by atoms with E-state index in [4.69, 9.17) is 0 Å². The van der Waals surface area contributed by atoms with Gasteiger partial charge in [-0.15, -0.1) is 0 Å². The van der Waals surface area contributed by atoms with Crippen LogP contribution < -0.4 is 10.2 Å². The average molecular weight is 339 g/mol. The molecule has 25 heavy (non-hydrogen) atoms. The minimum absolute atomic E-state index is 0.0224. The number of piperazine rings is 1. The molecule has 1 aliphatic heterocycles. The zero-order valence-electron chi connectivity index (χ0n) is 14.3. The molecule has 130 valence electrons. The Bertz CT molecular complexity index is 765. The van der Waals surface area contributed by atoms with Gasteiger partial charge < -0.3 is 15.1 Å². The summed E-state index contributed by atoms with van der Waals surface area (Å²) in [6.07, 6.45) is 5.02. The van der Waals surface area contributed by atoms with E-state index >= 15 is 0 Å². The van der Waals surface area contributed by atoms with Gasteiger partial charge in [-0.05, 0) is 17.7 Å². The molecule has 2 heterocycles. The second kappa shape index (κ2) is 7.29. The second-order valence-corrected chi connectivity index (χ2v) is 5.94. The molecule has 1 atom stereocenters. The van der Waals surface area contributed by atoms with E-state index in [2.05, 4.69) is 20.2 Å². The first-order valence-corrected chi connectivity index (χ1v) is 8.20. The Labute approximate surface area is 146 Å². The molecule has 7 heteroatoms. The van der Waals surface area contributed by atoms with Crippen molar-refractivity contribution in [2.75, 3.05) is 31.6 Å². The van der Waals surface area contributed by atoms with Crippen molar-refractivity contribution in [2.24, 2.45) is 0 Å². The van der Waals surface area contributed by atoms with Gasteiger partial charge in [0.2, 0.25) is 5.91 Å². The van der Waals surface area contributed by atoms with Crippen LogP contribution in [0.5, 0.6) is 0 Å². The molecule has 2 amide bonds. The van der Waals surface area contributed by atoms with Crippen molar-refractivity contribution in [3.05, 3.63) is 54.0 Å². The second-order valence-electron chi connectivity index (χ2n) is 5.94. The molecule has 3 rings (SSSR count). The smallest absolute Gasteiger partial charge is 0.251 e. The molecule has 1 aromatic heterocycles. The lowest BCUT2D eigenvalue weighted by molar-refractivity contribution is -0.131. The topological polar surface area (TPSA) is 78.4 Å². The summed E-state index contributed by atoms with van der Waals surface area (Å²) in [5.74, 6) is 0.671. The van der Waals surface area contributed by atoms with E-state index in [0.29, 0.717) is 25.2 Å². The van der Waals surface area contributed by atoms with Crippen molar-refractivity contribution >= 4 is 17.6 Å². The Balaban J connectivity index is 1.92. The lowest BCUT2D eigenvalue weighted by atomic mass is 9.99. The largest absolute Gasteiger partial charge is 0.355 e. The van der Waals surface area contributed by atoms with Crippen molar-refractivity contribution in [3.8, 4) is 0 Å². The van der Waals surface area contributed by atoms with E-state index < -0.39 is 0 Å². The number of hydrogen-bond acceptors (Lipinski definition) is 5. The molecule has 1 fully saturated rings. The van der Waals surface area contributed by atoms with Gasteiger partial charge in [-0.2, -0.15) is 0 Å². The van der Waals surface area contributed by atoms with Crippen LogP contribution in [0, 0.1) is 0 Å². The summed E-state index contributed by atoms with van der Waals surface area (Å²) < 4.78 is 0. The predicted octanol–water partition coefficient (Wildman–Crippen LogP) is 1.25. The van der Waals surface area contributed by atoms with Gasteiger partial charge in [0.05, 0.1) is 12.2 Å². The van der Waals surface area contributed by atoms with E-state index in [1.165, 1.54) is 0 Å². The number of amides is 2. The normalized spacial score (nSPS) is 17.3. The molecule has 0 spiro atoms. The Kier molecular flexibility index (Phi) is 4.92. The first-order chi connectivity index (χ1) is 12.1. The fourth-order valence-electron chi connectivity index (χ4n) is 3.14. The number of benzene rings is 1. The molecule has 0 aliphatic carbocycles. The summed E-state index contributed by atoms with van der Waals surface area (Å²) in [5, 5.41) is 2.63. The highest BCUT2D eigenvalue weighted by Gasteiger charge is 2.30. The van der Waals surface area contributed by atoms with Crippen LogP contribution in [-0.2, 0) is 4.79 Å². The van der Waals surface area contributed by atoms with Crippen molar-refractivity contribution in [2.45, 2.75) is 13.0 Å². The Morgan fingerprint density at radius 3 is 2.76 bits per heavy atom. The molecule has 1 unspecified atom stereocenters. The summed E-state index contributed by atoms with van der Waals surface area (Å²) in [7, 11) is 1.60. The van der Waals surface area contributed by atoms with E-state index in [9.17, 15) is 9.59 Å². The highest BCUT2D eigenvalue weighted by Crippen LogP contribution is 2.28. The first kappa shape index (κ1) is 16.9. The van der Waals surface area contributed by atoms with Crippen LogP contribution in [-0.4, -0.2) is 53.4 Å². The van der Waals surface area contributed by atoms with Crippen LogP contribution in [0.4, 0.5) is 5.82 Å². The maximum absolute atomic E-state index is 12.1. The first-order valence-electron chi connectivity index (χ1n) is 8.20. The fraction of sp³-hybridized carbons (Fsp3) is 0.333. The lowest BCUT2D eigenvalue weighted by Crippen LogP contribution is -2.50. The third kappa shape index (κ3) is 3.60. The van der Waals surface area contributed by atoms with Crippen LogP contribution in [0.3, 0.4) is 0 Å². The van der Waals surface area contributed by atoms with Crippen molar-refractivity contribution < 1.29 is 9.59 Å². The van der Waals surface area contributed by atoms with Gasteiger partial charge in [-0.1, -0.05) is 12.1 Å². The quantitative estimate of drug-likeness (QED) is 0.910. The summed E-state index contributed by atoms with van der Waals surface area (Å²) in [6, 6.07) is 7.27. The van der Waals surface area contributed by atoms with Crippen LogP contribution in [0.1, 0.15) is 28.9 Å². The van der Waals surface area contributed by atoms with Crippen LogP contribution in [0.25, 0.3) is 0 Å². The number of rotatable bonds is 3. The molecule has 1 N–H and O–H groups in total. The number of carbonyl (C=O) groups is 2. The zero-order valence-corrected chi connectivity index (χ0v) is 14.3. The third-order valence-corrected chi connectivity index (χ3v) is 4.42. The molecule has 7 nitrogen and oxygen atoms in total. The monoisotopic (exact) mass is 339 g/mol. The molecule has 1 saturated heterocycles. The average Bonchev–Trinajstić information content (AvgIpc) is 2.67. The maximum atomic E-state index is 12.1. The molecule has 1 aliphatic rings. The summed E-state index contributed by atoms with van der Waals surface area (Å²) in [4.78, 5) is 36.5. The number of anilines is 1. The van der Waals surface area contributed by atoms with E-state index in [1.54, 1.807) is 38.6 Å². The van der Waals surface area contributed by atoms with Crippen molar-refractivity contribution in [1.29, 1.82) is 0 Å². The minimum atomic E-state index is -0.141. The predicted molar refractivity (Wildman–Crippen MR) is 94.2 cm³/mol. The Morgan fingerprint density at radius 1 is 1.24 bits per heavy atom. The fourth-order valence-corrected chi connectivity index (χ4v) is 3.14. The molecular formula is C18H21N5O2. The SMILES string of the molecule is CNC(=O)c1cccc(C2CN(c3cnccn3)CCN2C(C)=O)c1. The highest BCUT2D eigenvalue weighted by atomic mass is 16.2. The maximum Gasteiger partial charge on any atom is 0.251 e. The van der Waals surface area contributed by atoms with Crippen molar-refractivity contribution in [3.63, 3.8) is 0 Å². The van der Waals surface area contributed by atoms with E-state index in [-0.39, 0.29) is 17.9 Å². The van der Waals surface area contributed by atoms with E-state index in [0.717, 1.165) is 11.4 Å². The standard InChI is InChI=1S/C18H21N5O2/c1-13(24)23-9-8-22(17-11-20-6-7-21-17)12-16(23)14-4-3-5-15(10-14)18(25)19-2/h3-7,10-11,16H,8-9,12H2,1-2H3,(H,19,25). The lowest BCUT2D eigenvalue weighted by Gasteiger charge is -2.41. The highest BCUT2D eigenvalue weighted by molar-refractivity contribution is 5.94. The molecule has 2 aromatic rings. The number of aromatic nitrogens is 2. The van der Waals surface area contributed by atoms with Crippen LogP contribution >= 0.6 is 0 Å². The number of nitrogens with zero attached hydrogens (tertiary/aromatic N) is 4. The number of nitrogens with one attached hydrogen (secondary N) is 1. The van der Waals surface area contributed by atoms with Gasteiger partial charge in [0.1, 0.15) is 5.82 Å². The van der Waals surface area contributed by atoms with Gasteiger partial charge in [-0.3, -0.25) is 14.6 Å². The Morgan fingerprint density at radius 2 is 2.08 bits per heavy atom. The van der Waals surface area contributed by atoms with Gasteiger partial charge in [0, 0.05) is 51.6 Å². The Hall–Kier alpha value is -2.96. The number of hydrogen-bond donors (Lipinski definition) is 1. The number of carbonyl (C=O) groups excluding carboxylic acids is 2. The molecular weight excluding hydrogens is 318 g/mol. The van der Waals surface area contributed by atoms with Gasteiger partial charge in [-0.25, -0.2) is 4.98 Å². The zero-order chi connectivity index (χ0) is 17.8. The molecule has 0 bridgehead atoms. The molecule has 0 radical (unpaired) electrons. The summed E-state index contributed by atoms with van der Waals surface area (Å²) in [6.45, 7) is 3.48. The van der Waals surface area contributed by atoms with Crippen LogP contribution in [0.15, 0.2) is 42.9 Å². The molecule has 0 saturated carbocycles. The molecule has 1 aromatic carbocycles. The van der Waals surface area contributed by atoms with Crippen LogP contribution in [0.2, 0.25) is 0 Å². The summed E-state index contributed by atoms with van der Waals surface area (Å²) >= 11 is 0. The third-order valence-electron chi connectivity index (χ3n) is 4.42. The van der Waals surface area contributed by atoms with Crippen molar-refractivity contribution in [1.82, 2.24) is 20.2 Å². The van der Waals surface area contributed by atoms with Gasteiger partial charge in [0.15, 0.2) is 0 Å². The minimum Gasteiger partial charge on any atom is -0.355 e. The summed E-state index contributed by atoms with van der Waals surface area (Å²) in [5.41, 5.74) is 1.52. The van der Waals surface area contributed by atoms with Gasteiger partial charge in [0.25, 0.3) is 5.91 Å².